The number of furan rings is 1. The van der Waals surface area contributed by atoms with Crippen LogP contribution in [0.3, 0.4) is 0 Å². The fraction of sp³-hybridized carbons (Fsp3) is 0.480. The Balaban J connectivity index is 1.69. The van der Waals surface area contributed by atoms with E-state index in [2.05, 4.69) is 10.6 Å². The van der Waals surface area contributed by atoms with E-state index in [0.717, 1.165) is 0 Å². The molecule has 1 saturated heterocycles. The molecule has 8 heteroatoms. The Kier molecular flexibility index (Phi) is 8.52. The maximum absolute atomic E-state index is 13.1. The van der Waals surface area contributed by atoms with Crippen molar-refractivity contribution in [2.24, 2.45) is 11.8 Å². The molecule has 1 aromatic heterocycles. The van der Waals surface area contributed by atoms with Crippen LogP contribution in [0.5, 0.6) is 5.75 Å². The lowest BCUT2D eigenvalue weighted by Gasteiger charge is -2.36. The molecule has 0 bridgehead atoms. The van der Waals surface area contributed by atoms with E-state index in [1.165, 1.54) is 7.11 Å². The second-order valence-corrected chi connectivity index (χ2v) is 8.80. The molecule has 1 atom stereocenters. The summed E-state index contributed by atoms with van der Waals surface area (Å²) >= 11 is 0. The van der Waals surface area contributed by atoms with Crippen LogP contribution in [-0.4, -0.2) is 48.9 Å². The highest BCUT2D eigenvalue weighted by atomic mass is 16.5. The monoisotopic (exact) mass is 455 g/mol. The average molecular weight is 456 g/mol. The first-order valence-corrected chi connectivity index (χ1v) is 11.4. The third-order valence-corrected chi connectivity index (χ3v) is 5.86. The minimum absolute atomic E-state index is 0.0840. The molecule has 1 aliphatic rings. The van der Waals surface area contributed by atoms with Crippen LogP contribution in [-0.2, 0) is 16.1 Å². The molecule has 1 aliphatic heterocycles. The smallest absolute Gasteiger partial charge is 0.252 e. The van der Waals surface area contributed by atoms with Gasteiger partial charge in [-0.15, -0.1) is 0 Å². The van der Waals surface area contributed by atoms with Crippen molar-refractivity contribution in [1.82, 2.24) is 15.5 Å². The second-order valence-electron chi connectivity index (χ2n) is 8.80. The Hall–Kier alpha value is -3.29. The van der Waals surface area contributed by atoms with Gasteiger partial charge in [-0.25, -0.2) is 0 Å². The summed E-state index contributed by atoms with van der Waals surface area (Å²) in [6.45, 7) is 5.44. The Labute approximate surface area is 194 Å². The lowest BCUT2D eigenvalue weighted by Crippen LogP contribution is -2.53. The highest BCUT2D eigenvalue weighted by Gasteiger charge is 2.34. The number of hydrogen-bond donors (Lipinski definition) is 2. The van der Waals surface area contributed by atoms with E-state index in [1.807, 2.05) is 18.7 Å². The summed E-state index contributed by atoms with van der Waals surface area (Å²) in [5.74, 6) is 0.952. The number of benzene rings is 1. The summed E-state index contributed by atoms with van der Waals surface area (Å²) in [5.41, 5.74) is 0.419. The van der Waals surface area contributed by atoms with E-state index >= 15 is 0 Å². The van der Waals surface area contributed by atoms with Gasteiger partial charge in [-0.05, 0) is 55.0 Å². The first kappa shape index (κ1) is 24.4. The molecule has 0 saturated carbocycles. The highest BCUT2D eigenvalue weighted by molar-refractivity contribution is 5.98. The van der Waals surface area contributed by atoms with Gasteiger partial charge in [0.1, 0.15) is 17.6 Å². The Bertz CT molecular complexity index is 933. The molecule has 3 rings (SSSR count). The molecule has 2 heterocycles. The highest BCUT2D eigenvalue weighted by Crippen LogP contribution is 2.23. The van der Waals surface area contributed by atoms with Gasteiger partial charge in [-0.2, -0.15) is 0 Å². The van der Waals surface area contributed by atoms with Gasteiger partial charge in [-0.1, -0.05) is 19.9 Å². The van der Waals surface area contributed by atoms with Crippen LogP contribution in [0.1, 0.15) is 49.2 Å². The van der Waals surface area contributed by atoms with Crippen molar-refractivity contribution in [2.75, 3.05) is 20.2 Å². The maximum atomic E-state index is 13.1. The minimum atomic E-state index is -0.721. The topological polar surface area (TPSA) is 101 Å². The molecule has 0 unspecified atom stereocenters. The number of carbonyl (C=O) groups excluding carboxylic acids is 3. The first-order chi connectivity index (χ1) is 15.9. The van der Waals surface area contributed by atoms with Crippen molar-refractivity contribution in [1.29, 1.82) is 0 Å². The third-order valence-electron chi connectivity index (χ3n) is 5.86. The van der Waals surface area contributed by atoms with Gasteiger partial charge in [0.25, 0.3) is 5.91 Å². The predicted octanol–water partition coefficient (Wildman–Crippen LogP) is 2.99. The van der Waals surface area contributed by atoms with Crippen LogP contribution in [0.25, 0.3) is 0 Å². The molecule has 1 fully saturated rings. The summed E-state index contributed by atoms with van der Waals surface area (Å²) < 4.78 is 10.5. The van der Waals surface area contributed by atoms with E-state index < -0.39 is 6.04 Å². The molecule has 33 heavy (non-hydrogen) atoms. The Morgan fingerprint density at radius 1 is 1.15 bits per heavy atom. The van der Waals surface area contributed by atoms with Crippen LogP contribution in [0, 0.1) is 11.8 Å². The lowest BCUT2D eigenvalue weighted by molar-refractivity contribution is -0.133. The molecule has 0 radical (unpaired) electrons. The molecule has 8 nitrogen and oxygen atoms in total. The standard InChI is InChI=1S/C25H33N3O5/c1-17(2)14-22(29)28-11-9-18(10-12-28)23(25(31)26-16-21-8-5-13-33-21)27-24(30)19-6-4-7-20(15-19)32-3/h4-8,13,15,17-18,23H,9-12,14,16H2,1-3H3,(H,26,31)(H,27,30)/t23-/m1/s1. The fourth-order valence-electron chi connectivity index (χ4n) is 4.04. The molecule has 178 valence electrons. The summed E-state index contributed by atoms with van der Waals surface area (Å²) in [4.78, 5) is 40.4. The van der Waals surface area contributed by atoms with E-state index in [-0.39, 0.29) is 30.2 Å². The van der Waals surface area contributed by atoms with Crippen molar-refractivity contribution >= 4 is 17.7 Å². The number of ether oxygens (including phenoxy) is 1. The quantitative estimate of drug-likeness (QED) is 0.605. The first-order valence-electron chi connectivity index (χ1n) is 11.4. The van der Waals surface area contributed by atoms with E-state index in [9.17, 15) is 14.4 Å². The SMILES string of the molecule is COc1cccc(C(=O)N[C@@H](C(=O)NCc2ccco2)C2CCN(C(=O)CC(C)C)CC2)c1. The molecule has 1 aromatic carbocycles. The molecule has 2 aromatic rings. The average Bonchev–Trinajstić information content (AvgIpc) is 3.34. The number of likely N-dealkylation sites (tertiary alicyclic amines) is 1. The summed E-state index contributed by atoms with van der Waals surface area (Å²) in [6, 6.07) is 9.63. The van der Waals surface area contributed by atoms with Gasteiger partial charge < -0.3 is 24.7 Å². The molecule has 0 aliphatic carbocycles. The van der Waals surface area contributed by atoms with Crippen molar-refractivity contribution < 1.29 is 23.5 Å². The van der Waals surface area contributed by atoms with E-state index in [0.29, 0.717) is 55.3 Å². The van der Waals surface area contributed by atoms with Crippen molar-refractivity contribution in [2.45, 2.75) is 45.7 Å². The van der Waals surface area contributed by atoms with Gasteiger partial charge in [0.15, 0.2) is 0 Å². The van der Waals surface area contributed by atoms with Crippen LogP contribution in [0.4, 0.5) is 0 Å². The molecule has 3 amide bonds. The summed E-state index contributed by atoms with van der Waals surface area (Å²) in [6.07, 6.45) is 3.35. The third kappa shape index (κ3) is 6.84. The molecular weight excluding hydrogens is 422 g/mol. The van der Waals surface area contributed by atoms with E-state index in [1.54, 1.807) is 42.7 Å². The molecular formula is C25H33N3O5. The van der Waals surface area contributed by atoms with Crippen LogP contribution in [0.2, 0.25) is 0 Å². The molecule has 0 spiro atoms. The van der Waals surface area contributed by atoms with Crippen LogP contribution in [0.15, 0.2) is 47.1 Å². The Morgan fingerprint density at radius 2 is 1.91 bits per heavy atom. The Morgan fingerprint density at radius 3 is 2.55 bits per heavy atom. The number of amides is 3. The number of hydrogen-bond acceptors (Lipinski definition) is 5. The number of nitrogens with one attached hydrogen (secondary N) is 2. The maximum Gasteiger partial charge on any atom is 0.252 e. The molecule has 2 N–H and O–H groups in total. The van der Waals surface area contributed by atoms with Crippen molar-refractivity contribution in [3.63, 3.8) is 0 Å². The van der Waals surface area contributed by atoms with Gasteiger partial charge in [0.05, 0.1) is 19.9 Å². The van der Waals surface area contributed by atoms with Crippen LogP contribution < -0.4 is 15.4 Å². The number of methoxy groups -OCH3 is 1. The van der Waals surface area contributed by atoms with Gasteiger partial charge in [-0.3, -0.25) is 14.4 Å². The lowest BCUT2D eigenvalue weighted by atomic mass is 9.88. The zero-order valence-corrected chi connectivity index (χ0v) is 19.5. The predicted molar refractivity (Wildman–Crippen MR) is 124 cm³/mol. The van der Waals surface area contributed by atoms with Crippen LogP contribution >= 0.6 is 0 Å². The summed E-state index contributed by atoms with van der Waals surface area (Å²) in [5, 5.41) is 5.79. The fourth-order valence-corrected chi connectivity index (χ4v) is 4.04. The number of nitrogens with zero attached hydrogens (tertiary/aromatic N) is 1. The number of piperidine rings is 1. The van der Waals surface area contributed by atoms with Crippen molar-refractivity contribution in [3.05, 3.63) is 54.0 Å². The number of carbonyl (C=O) groups is 3. The largest absolute Gasteiger partial charge is 0.497 e. The summed E-state index contributed by atoms with van der Waals surface area (Å²) in [7, 11) is 1.54. The second kappa shape index (κ2) is 11.5. The van der Waals surface area contributed by atoms with Gasteiger partial charge >= 0.3 is 0 Å². The van der Waals surface area contributed by atoms with Gasteiger partial charge in [0, 0.05) is 25.1 Å². The number of rotatable bonds is 9. The zero-order valence-electron chi connectivity index (χ0n) is 19.5. The minimum Gasteiger partial charge on any atom is -0.497 e. The van der Waals surface area contributed by atoms with Crippen molar-refractivity contribution in [3.8, 4) is 5.75 Å². The van der Waals surface area contributed by atoms with Gasteiger partial charge in [0.2, 0.25) is 11.8 Å². The van der Waals surface area contributed by atoms with E-state index in [4.69, 9.17) is 9.15 Å². The normalized spacial score (nSPS) is 15.2. The zero-order chi connectivity index (χ0) is 23.8.